The molecule has 2 rings (SSSR count). The van der Waals surface area contributed by atoms with E-state index in [1.807, 2.05) is 29.2 Å². The zero-order valence-electron chi connectivity index (χ0n) is 20.2. The molecule has 7 nitrogen and oxygen atoms in total. The predicted octanol–water partition coefficient (Wildman–Crippen LogP) is 2.87. The van der Waals surface area contributed by atoms with Gasteiger partial charge in [0.25, 0.3) is 0 Å². The van der Waals surface area contributed by atoms with Crippen LogP contribution >= 0.6 is 0 Å². The number of carbonyl (C=O) groups excluding carboxylic acids is 2. The number of nitrogens with zero attached hydrogens (tertiary/aromatic N) is 2. The Kier molecular flexibility index (Phi) is 8.68. The molecule has 0 saturated carbocycles. The van der Waals surface area contributed by atoms with E-state index in [0.717, 1.165) is 11.3 Å². The second-order valence-electron chi connectivity index (χ2n) is 9.79. The highest BCUT2D eigenvalue weighted by atomic mass is 28.4. The number of benzene rings is 1. The Morgan fingerprint density at radius 1 is 1.16 bits per heavy atom. The largest absolute Gasteiger partial charge is 0.497 e. The summed E-state index contributed by atoms with van der Waals surface area (Å²) in [5, 5.41) is 3.11. The van der Waals surface area contributed by atoms with Gasteiger partial charge in [0.05, 0.1) is 20.3 Å². The van der Waals surface area contributed by atoms with Gasteiger partial charge >= 0.3 is 0 Å². The zero-order valence-corrected chi connectivity index (χ0v) is 21.2. The Hall–Kier alpha value is -1.90. The van der Waals surface area contributed by atoms with E-state index < -0.39 is 8.32 Å². The Morgan fingerprint density at radius 3 is 2.35 bits per heavy atom. The van der Waals surface area contributed by atoms with Gasteiger partial charge in [0.15, 0.2) is 8.32 Å². The van der Waals surface area contributed by atoms with E-state index in [4.69, 9.17) is 9.16 Å². The molecule has 1 N–H and O–H groups in total. The molecule has 0 bridgehead atoms. The highest BCUT2D eigenvalue weighted by molar-refractivity contribution is 6.74. The van der Waals surface area contributed by atoms with Crippen molar-refractivity contribution in [2.75, 3.05) is 39.9 Å². The SMILES string of the molecule is COc1ccc(CNC(=O)CN2CCN(C(C)=O)CC2CO[Si](C)(C)C(C)(C)C)cc1. The molecule has 0 spiro atoms. The van der Waals surface area contributed by atoms with Crippen molar-refractivity contribution in [3.05, 3.63) is 29.8 Å². The third-order valence-electron chi connectivity index (χ3n) is 6.49. The van der Waals surface area contributed by atoms with Gasteiger partial charge in [0.1, 0.15) is 5.75 Å². The fraction of sp³-hybridized carbons (Fsp3) is 0.652. The molecule has 1 fully saturated rings. The van der Waals surface area contributed by atoms with E-state index in [9.17, 15) is 9.59 Å². The van der Waals surface area contributed by atoms with Gasteiger partial charge in [0.2, 0.25) is 11.8 Å². The standard InChI is InChI=1S/C23H39N3O4Si/c1-18(27)25-12-13-26(20(15-25)17-30-31(6,7)23(2,3)4)16-22(28)24-14-19-8-10-21(29-5)11-9-19/h8-11,20H,12-17H2,1-7H3,(H,24,28). The maximum absolute atomic E-state index is 12.6. The quantitative estimate of drug-likeness (QED) is 0.618. The minimum Gasteiger partial charge on any atom is -0.497 e. The van der Waals surface area contributed by atoms with Crippen LogP contribution in [0, 0.1) is 0 Å². The summed E-state index contributed by atoms with van der Waals surface area (Å²) in [6.07, 6.45) is 0. The lowest BCUT2D eigenvalue weighted by Gasteiger charge is -2.43. The van der Waals surface area contributed by atoms with Gasteiger partial charge in [-0.25, -0.2) is 0 Å². The van der Waals surface area contributed by atoms with Crippen molar-refractivity contribution in [1.82, 2.24) is 15.1 Å². The summed E-state index contributed by atoms with van der Waals surface area (Å²) >= 11 is 0. The Labute approximate surface area is 188 Å². The number of nitrogens with one attached hydrogen (secondary N) is 1. The van der Waals surface area contributed by atoms with Crippen molar-refractivity contribution in [1.29, 1.82) is 0 Å². The number of ether oxygens (including phenoxy) is 1. The van der Waals surface area contributed by atoms with E-state index in [0.29, 0.717) is 39.3 Å². The lowest BCUT2D eigenvalue weighted by Crippen LogP contribution is -2.59. The molecule has 174 valence electrons. The number of piperazine rings is 1. The molecule has 1 saturated heterocycles. The summed E-state index contributed by atoms with van der Waals surface area (Å²) in [6, 6.07) is 7.67. The molecule has 8 heteroatoms. The van der Waals surface area contributed by atoms with Gasteiger partial charge in [-0.05, 0) is 35.8 Å². The molecule has 1 aliphatic rings. The van der Waals surface area contributed by atoms with Crippen LogP contribution in [0.3, 0.4) is 0 Å². The fourth-order valence-corrected chi connectivity index (χ4v) is 4.29. The van der Waals surface area contributed by atoms with E-state index >= 15 is 0 Å². The van der Waals surface area contributed by atoms with Crippen LogP contribution in [0.1, 0.15) is 33.3 Å². The molecular formula is C23H39N3O4Si. The number of hydrogen-bond acceptors (Lipinski definition) is 5. The Balaban J connectivity index is 1.96. The van der Waals surface area contributed by atoms with Gasteiger partial charge in [0, 0.05) is 39.1 Å². The van der Waals surface area contributed by atoms with Crippen molar-refractivity contribution in [3.8, 4) is 5.75 Å². The zero-order chi connectivity index (χ0) is 23.2. The second kappa shape index (κ2) is 10.6. The van der Waals surface area contributed by atoms with Crippen LogP contribution in [0.4, 0.5) is 0 Å². The van der Waals surface area contributed by atoms with Gasteiger partial charge in [-0.15, -0.1) is 0 Å². The van der Waals surface area contributed by atoms with Gasteiger partial charge < -0.3 is 19.4 Å². The molecule has 0 aliphatic carbocycles. The Bertz CT molecular complexity index is 746. The first-order valence-corrected chi connectivity index (χ1v) is 13.9. The van der Waals surface area contributed by atoms with Crippen LogP contribution < -0.4 is 10.1 Å². The maximum Gasteiger partial charge on any atom is 0.234 e. The molecule has 2 amide bonds. The van der Waals surface area contributed by atoms with Crippen molar-refractivity contribution in [3.63, 3.8) is 0 Å². The van der Waals surface area contributed by atoms with Crippen LogP contribution in [0.25, 0.3) is 0 Å². The van der Waals surface area contributed by atoms with Crippen molar-refractivity contribution < 1.29 is 18.8 Å². The van der Waals surface area contributed by atoms with Gasteiger partial charge in [-0.1, -0.05) is 32.9 Å². The molecule has 0 aromatic heterocycles. The first-order valence-electron chi connectivity index (χ1n) is 11.0. The van der Waals surface area contributed by atoms with Crippen molar-refractivity contribution in [2.24, 2.45) is 0 Å². The Morgan fingerprint density at radius 2 is 1.81 bits per heavy atom. The summed E-state index contributed by atoms with van der Waals surface area (Å²) < 4.78 is 11.6. The lowest BCUT2D eigenvalue weighted by atomic mass is 10.1. The van der Waals surface area contributed by atoms with Crippen LogP contribution in [-0.2, 0) is 20.6 Å². The molecule has 1 heterocycles. The van der Waals surface area contributed by atoms with E-state index in [-0.39, 0.29) is 22.9 Å². The van der Waals surface area contributed by atoms with Crippen LogP contribution in [0.5, 0.6) is 5.75 Å². The predicted molar refractivity (Wildman–Crippen MR) is 126 cm³/mol. The third-order valence-corrected chi connectivity index (χ3v) is 11.0. The molecule has 1 aromatic rings. The first kappa shape index (κ1) is 25.4. The monoisotopic (exact) mass is 449 g/mol. The molecule has 1 atom stereocenters. The molecule has 1 unspecified atom stereocenters. The van der Waals surface area contributed by atoms with Gasteiger partial charge in [-0.2, -0.15) is 0 Å². The second-order valence-corrected chi connectivity index (χ2v) is 14.6. The summed E-state index contributed by atoms with van der Waals surface area (Å²) in [6.45, 7) is 15.9. The van der Waals surface area contributed by atoms with E-state index in [2.05, 4.69) is 44.1 Å². The summed E-state index contributed by atoms with van der Waals surface area (Å²) in [5.41, 5.74) is 1.02. The topological polar surface area (TPSA) is 71.1 Å². The highest BCUT2D eigenvalue weighted by Crippen LogP contribution is 2.36. The van der Waals surface area contributed by atoms with Crippen LogP contribution in [-0.4, -0.2) is 75.9 Å². The minimum atomic E-state index is -1.92. The molecule has 1 aliphatic heterocycles. The lowest BCUT2D eigenvalue weighted by molar-refractivity contribution is -0.133. The first-order chi connectivity index (χ1) is 14.4. The van der Waals surface area contributed by atoms with Crippen molar-refractivity contribution >= 4 is 20.1 Å². The molecule has 31 heavy (non-hydrogen) atoms. The number of hydrogen-bond donors (Lipinski definition) is 1. The maximum atomic E-state index is 12.6. The highest BCUT2D eigenvalue weighted by Gasteiger charge is 2.39. The number of methoxy groups -OCH3 is 1. The third kappa shape index (κ3) is 7.33. The molecule has 1 aromatic carbocycles. The number of carbonyl (C=O) groups is 2. The fourth-order valence-electron chi connectivity index (χ4n) is 3.25. The summed E-state index contributed by atoms with van der Waals surface area (Å²) in [5.74, 6) is 0.841. The van der Waals surface area contributed by atoms with Crippen LogP contribution in [0.15, 0.2) is 24.3 Å². The molecular weight excluding hydrogens is 410 g/mol. The average Bonchev–Trinajstić information content (AvgIpc) is 2.71. The normalized spacial score (nSPS) is 18.0. The molecule has 0 radical (unpaired) electrons. The number of rotatable bonds is 8. The van der Waals surface area contributed by atoms with Gasteiger partial charge in [-0.3, -0.25) is 14.5 Å². The van der Waals surface area contributed by atoms with Crippen molar-refractivity contribution in [2.45, 2.75) is 58.4 Å². The van der Waals surface area contributed by atoms with E-state index in [1.54, 1.807) is 14.0 Å². The minimum absolute atomic E-state index is 0.0125. The smallest absolute Gasteiger partial charge is 0.234 e. The van der Waals surface area contributed by atoms with E-state index in [1.165, 1.54) is 0 Å². The summed E-state index contributed by atoms with van der Waals surface area (Å²) in [4.78, 5) is 28.6. The van der Waals surface area contributed by atoms with Crippen LogP contribution in [0.2, 0.25) is 18.1 Å². The average molecular weight is 450 g/mol. The summed E-state index contributed by atoms with van der Waals surface area (Å²) in [7, 11) is -0.283. The number of amides is 2.